The molecular weight excluding hydrogens is 260 g/mol. The highest BCUT2D eigenvalue weighted by atomic mass is 15.0. The lowest BCUT2D eigenvalue weighted by Crippen LogP contribution is -2.47. The molecule has 0 saturated heterocycles. The van der Waals surface area contributed by atoms with Gasteiger partial charge in [0.1, 0.15) is 0 Å². The Hall–Kier alpha value is -1.94. The van der Waals surface area contributed by atoms with Crippen molar-refractivity contribution in [1.82, 2.24) is 5.32 Å². The number of para-hydroxylation sites is 1. The molecule has 0 radical (unpaired) electrons. The molecule has 0 heterocycles. The van der Waals surface area contributed by atoms with Crippen molar-refractivity contribution in [2.75, 3.05) is 11.9 Å². The van der Waals surface area contributed by atoms with E-state index in [1.54, 1.807) is 0 Å². The predicted molar refractivity (Wildman–Crippen MR) is 91.8 cm³/mol. The highest BCUT2D eigenvalue weighted by molar-refractivity contribution is 5.42. The zero-order chi connectivity index (χ0) is 15.8. The third-order valence-electron chi connectivity index (χ3n) is 3.29. The Kier molecular flexibility index (Phi) is 6.82. The predicted octanol–water partition coefficient (Wildman–Crippen LogP) is 2.42. The van der Waals surface area contributed by atoms with Crippen LogP contribution in [0.1, 0.15) is 20.3 Å². The lowest BCUT2D eigenvalue weighted by Gasteiger charge is -2.27. The third-order valence-corrected chi connectivity index (χ3v) is 3.29. The second-order valence-electron chi connectivity index (χ2n) is 5.80. The van der Waals surface area contributed by atoms with E-state index in [4.69, 9.17) is 11.5 Å². The van der Waals surface area contributed by atoms with Crippen molar-refractivity contribution in [1.29, 1.82) is 0 Å². The molecule has 116 valence electrons. The van der Waals surface area contributed by atoms with Gasteiger partial charge in [-0.15, -0.1) is 0 Å². The number of hydrogen-bond acceptors (Lipinski definition) is 4. The first kappa shape index (κ1) is 17.1. The van der Waals surface area contributed by atoms with Gasteiger partial charge in [0, 0.05) is 29.7 Å². The quantitative estimate of drug-likeness (QED) is 0.563. The molecule has 6 N–H and O–H groups in total. The van der Waals surface area contributed by atoms with Gasteiger partial charge in [-0.25, -0.2) is 0 Å². The van der Waals surface area contributed by atoms with Crippen LogP contribution in [-0.4, -0.2) is 18.6 Å². The van der Waals surface area contributed by atoms with Crippen LogP contribution in [0.25, 0.3) is 0 Å². The van der Waals surface area contributed by atoms with Crippen LogP contribution in [0.2, 0.25) is 0 Å². The largest absolute Gasteiger partial charge is 0.401 e. The van der Waals surface area contributed by atoms with Crippen LogP contribution in [0.15, 0.2) is 54.9 Å². The molecule has 1 aromatic carbocycles. The Morgan fingerprint density at radius 3 is 2.10 bits per heavy atom. The molecular formula is C17H28N4. The maximum atomic E-state index is 5.91. The minimum absolute atomic E-state index is 0.0351. The van der Waals surface area contributed by atoms with E-state index < -0.39 is 0 Å². The van der Waals surface area contributed by atoms with Gasteiger partial charge in [-0.3, -0.25) is 5.32 Å². The zero-order valence-electron chi connectivity index (χ0n) is 13.1. The van der Waals surface area contributed by atoms with Gasteiger partial charge in [-0.05, 0) is 24.5 Å². The maximum absolute atomic E-state index is 5.91. The van der Waals surface area contributed by atoms with E-state index in [2.05, 4.69) is 37.6 Å². The monoisotopic (exact) mass is 288 g/mol. The van der Waals surface area contributed by atoms with Gasteiger partial charge in [0.15, 0.2) is 0 Å². The number of hydrogen-bond donors (Lipinski definition) is 4. The van der Waals surface area contributed by atoms with Gasteiger partial charge in [-0.1, -0.05) is 45.2 Å². The van der Waals surface area contributed by atoms with Crippen molar-refractivity contribution in [2.45, 2.75) is 32.4 Å². The normalized spacial score (nSPS) is 13.7. The first-order chi connectivity index (χ1) is 9.90. The molecule has 2 unspecified atom stereocenters. The van der Waals surface area contributed by atoms with E-state index >= 15 is 0 Å². The number of benzene rings is 1. The molecule has 0 aliphatic carbocycles. The van der Waals surface area contributed by atoms with Gasteiger partial charge in [0.25, 0.3) is 0 Å². The van der Waals surface area contributed by atoms with Crippen molar-refractivity contribution in [3.05, 3.63) is 54.9 Å². The fourth-order valence-electron chi connectivity index (χ4n) is 2.11. The molecule has 0 spiro atoms. The van der Waals surface area contributed by atoms with Crippen molar-refractivity contribution in [3.8, 4) is 0 Å². The SMILES string of the molecule is C=C(N)C(CNc1ccccc1)NC(CC(C)C)C(=C)N. The third kappa shape index (κ3) is 6.36. The van der Waals surface area contributed by atoms with E-state index in [0.717, 1.165) is 12.1 Å². The number of nitrogens with two attached hydrogens (primary N) is 2. The van der Waals surface area contributed by atoms with Crippen molar-refractivity contribution < 1.29 is 0 Å². The van der Waals surface area contributed by atoms with Crippen LogP contribution >= 0.6 is 0 Å². The Morgan fingerprint density at radius 1 is 1.05 bits per heavy atom. The fraction of sp³-hybridized carbons (Fsp3) is 0.412. The second kappa shape index (κ2) is 8.37. The van der Waals surface area contributed by atoms with Crippen molar-refractivity contribution >= 4 is 5.69 Å². The number of anilines is 1. The molecule has 0 aromatic heterocycles. The lowest BCUT2D eigenvalue weighted by atomic mass is 10.0. The van der Waals surface area contributed by atoms with Crippen LogP contribution in [-0.2, 0) is 0 Å². The molecule has 1 aromatic rings. The van der Waals surface area contributed by atoms with E-state index in [9.17, 15) is 0 Å². The number of rotatable bonds is 9. The Bertz CT molecular complexity index is 453. The summed E-state index contributed by atoms with van der Waals surface area (Å²) >= 11 is 0. The summed E-state index contributed by atoms with van der Waals surface area (Å²) in [5.74, 6) is 0.525. The molecule has 0 aliphatic rings. The molecule has 0 amide bonds. The molecule has 0 aliphatic heterocycles. The van der Waals surface area contributed by atoms with Gasteiger partial charge < -0.3 is 16.8 Å². The maximum Gasteiger partial charge on any atom is 0.0642 e. The molecule has 4 nitrogen and oxygen atoms in total. The highest BCUT2D eigenvalue weighted by Crippen LogP contribution is 2.11. The van der Waals surface area contributed by atoms with Gasteiger partial charge in [0.2, 0.25) is 0 Å². The topological polar surface area (TPSA) is 76.1 Å². The Labute approximate surface area is 128 Å². The molecule has 1 rings (SSSR count). The van der Waals surface area contributed by atoms with Crippen molar-refractivity contribution in [3.63, 3.8) is 0 Å². The standard InChI is InChI=1S/C17H28N4/c1-12(2)10-16(13(3)18)21-17(14(4)19)11-20-15-8-6-5-7-9-15/h5-9,12,16-17,20-21H,3-4,10-11,18-19H2,1-2H3. The van der Waals surface area contributed by atoms with Crippen LogP contribution in [0.4, 0.5) is 5.69 Å². The van der Waals surface area contributed by atoms with E-state index in [0.29, 0.717) is 23.9 Å². The van der Waals surface area contributed by atoms with Crippen LogP contribution < -0.4 is 22.1 Å². The van der Waals surface area contributed by atoms with Crippen LogP contribution in [0, 0.1) is 5.92 Å². The summed E-state index contributed by atoms with van der Waals surface area (Å²) in [5.41, 5.74) is 14.1. The summed E-state index contributed by atoms with van der Waals surface area (Å²) in [6.45, 7) is 12.7. The molecule has 0 fully saturated rings. The Morgan fingerprint density at radius 2 is 1.62 bits per heavy atom. The van der Waals surface area contributed by atoms with E-state index in [1.807, 2.05) is 30.3 Å². The smallest absolute Gasteiger partial charge is 0.0642 e. The minimum Gasteiger partial charge on any atom is -0.401 e. The molecule has 21 heavy (non-hydrogen) atoms. The average Bonchev–Trinajstić information content (AvgIpc) is 2.42. The first-order valence-corrected chi connectivity index (χ1v) is 7.33. The Balaban J connectivity index is 2.63. The average molecular weight is 288 g/mol. The summed E-state index contributed by atoms with van der Waals surface area (Å²) < 4.78 is 0. The lowest BCUT2D eigenvalue weighted by molar-refractivity contribution is 0.427. The van der Waals surface area contributed by atoms with Crippen LogP contribution in [0.3, 0.4) is 0 Å². The first-order valence-electron chi connectivity index (χ1n) is 7.33. The second-order valence-corrected chi connectivity index (χ2v) is 5.80. The molecule has 0 saturated carbocycles. The van der Waals surface area contributed by atoms with Gasteiger partial charge in [-0.2, -0.15) is 0 Å². The van der Waals surface area contributed by atoms with E-state index in [-0.39, 0.29) is 12.1 Å². The van der Waals surface area contributed by atoms with E-state index in [1.165, 1.54) is 0 Å². The zero-order valence-corrected chi connectivity index (χ0v) is 13.1. The van der Waals surface area contributed by atoms with Gasteiger partial charge >= 0.3 is 0 Å². The van der Waals surface area contributed by atoms with Crippen molar-refractivity contribution in [2.24, 2.45) is 17.4 Å². The summed E-state index contributed by atoms with van der Waals surface area (Å²) in [5, 5.41) is 6.79. The molecule has 2 atom stereocenters. The van der Waals surface area contributed by atoms with Gasteiger partial charge in [0.05, 0.1) is 6.04 Å². The summed E-state index contributed by atoms with van der Waals surface area (Å²) in [4.78, 5) is 0. The molecule has 4 heteroatoms. The summed E-state index contributed by atoms with van der Waals surface area (Å²) in [7, 11) is 0. The highest BCUT2D eigenvalue weighted by Gasteiger charge is 2.18. The number of nitrogens with one attached hydrogen (secondary N) is 2. The summed E-state index contributed by atoms with van der Waals surface area (Å²) in [6.07, 6.45) is 0.921. The minimum atomic E-state index is -0.0609. The summed E-state index contributed by atoms with van der Waals surface area (Å²) in [6, 6.07) is 9.98. The van der Waals surface area contributed by atoms with Crippen LogP contribution in [0.5, 0.6) is 0 Å². The molecule has 0 bridgehead atoms. The fourth-order valence-corrected chi connectivity index (χ4v) is 2.11.